The molecule has 1 spiro atoms. The number of amides is 1. The Bertz CT molecular complexity index is 841. The van der Waals surface area contributed by atoms with Gasteiger partial charge in [-0.2, -0.15) is 11.8 Å². The van der Waals surface area contributed by atoms with Gasteiger partial charge in [0.15, 0.2) is 4.77 Å². The van der Waals surface area contributed by atoms with Gasteiger partial charge in [-0.1, -0.05) is 0 Å². The molecule has 1 aromatic carbocycles. The Kier molecular flexibility index (Phi) is 4.14. The van der Waals surface area contributed by atoms with Gasteiger partial charge in [-0.25, -0.2) is 4.39 Å². The van der Waals surface area contributed by atoms with Crippen molar-refractivity contribution in [1.29, 1.82) is 0 Å². The highest BCUT2D eigenvalue weighted by atomic mass is 32.2. The van der Waals surface area contributed by atoms with Crippen molar-refractivity contribution in [3.05, 3.63) is 28.3 Å². The highest BCUT2D eigenvalue weighted by Gasteiger charge is 2.40. The van der Waals surface area contributed by atoms with Crippen molar-refractivity contribution >= 4 is 40.9 Å². The molecule has 2 aromatic rings. The van der Waals surface area contributed by atoms with Crippen LogP contribution in [-0.4, -0.2) is 45.6 Å². The summed E-state index contributed by atoms with van der Waals surface area (Å²) in [7, 11) is 0. The fourth-order valence-corrected chi connectivity index (χ4v) is 5.15. The topological polar surface area (TPSA) is 69.9 Å². The van der Waals surface area contributed by atoms with E-state index in [4.69, 9.17) is 17.0 Å². The summed E-state index contributed by atoms with van der Waals surface area (Å²) in [5.74, 6) is 1.34. The first-order valence-corrected chi connectivity index (χ1v) is 9.55. The number of H-pyrrole nitrogens is 2. The van der Waals surface area contributed by atoms with Crippen LogP contribution < -0.4 is 5.32 Å². The van der Waals surface area contributed by atoms with E-state index in [0.29, 0.717) is 22.4 Å². The summed E-state index contributed by atoms with van der Waals surface area (Å²) in [6.07, 6.45) is 2.62. The van der Waals surface area contributed by atoms with E-state index in [1.54, 1.807) is 0 Å². The Balaban J connectivity index is 1.57. The maximum Gasteiger partial charge on any atom is 0.253 e. The lowest BCUT2D eigenvalue weighted by Gasteiger charge is -2.38. The fraction of sp³-hybridized carbons (Fsp3) is 0.500. The van der Waals surface area contributed by atoms with Gasteiger partial charge < -0.3 is 20.0 Å². The summed E-state index contributed by atoms with van der Waals surface area (Å²) < 4.78 is 20.2. The monoisotopic (exact) mass is 367 g/mol. The summed E-state index contributed by atoms with van der Waals surface area (Å²) in [6.45, 7) is 0.649. The van der Waals surface area contributed by atoms with E-state index in [9.17, 15) is 9.18 Å². The van der Waals surface area contributed by atoms with Crippen molar-refractivity contribution in [3.63, 3.8) is 0 Å². The number of hydrogen-bond acceptors (Lipinski definition) is 4. The van der Waals surface area contributed by atoms with Gasteiger partial charge in [-0.15, -0.1) is 0 Å². The van der Waals surface area contributed by atoms with Crippen molar-refractivity contribution in [2.45, 2.75) is 30.9 Å². The molecular formula is C16H18FN3O2S2. The molecule has 1 amide bonds. The first-order valence-electron chi connectivity index (χ1n) is 7.99. The van der Waals surface area contributed by atoms with Crippen molar-refractivity contribution in [1.82, 2.24) is 15.3 Å². The largest absolute Gasteiger partial charge is 0.374 e. The van der Waals surface area contributed by atoms with Gasteiger partial charge in [-0.05, 0) is 49.4 Å². The van der Waals surface area contributed by atoms with Crippen molar-refractivity contribution in [3.8, 4) is 0 Å². The average molecular weight is 367 g/mol. The normalized spacial score (nSPS) is 27.0. The maximum absolute atomic E-state index is 13.8. The molecule has 5 nitrogen and oxygen atoms in total. The number of fused-ring (bicyclic) bond motifs is 1. The van der Waals surface area contributed by atoms with E-state index in [0.717, 1.165) is 30.8 Å². The number of thioether (sulfide) groups is 1. The molecule has 0 bridgehead atoms. The zero-order valence-electron chi connectivity index (χ0n) is 13.0. The first-order chi connectivity index (χ1) is 11.5. The number of halogens is 1. The molecule has 3 heterocycles. The molecule has 8 heteroatoms. The summed E-state index contributed by atoms with van der Waals surface area (Å²) in [5, 5.41) is 3.05. The van der Waals surface area contributed by atoms with Crippen molar-refractivity contribution < 1.29 is 13.9 Å². The van der Waals surface area contributed by atoms with Gasteiger partial charge >= 0.3 is 0 Å². The average Bonchev–Trinajstić information content (AvgIpc) is 3.12. The third-order valence-corrected chi connectivity index (χ3v) is 6.16. The quantitative estimate of drug-likeness (QED) is 0.713. The number of hydrogen-bond donors (Lipinski definition) is 3. The minimum absolute atomic E-state index is 0.0465. The van der Waals surface area contributed by atoms with Gasteiger partial charge in [0.05, 0.1) is 22.2 Å². The molecule has 0 radical (unpaired) electrons. The lowest BCUT2D eigenvalue weighted by molar-refractivity contribution is -0.0688. The number of carbonyl (C=O) groups excluding carboxylic acids is 1. The van der Waals surface area contributed by atoms with E-state index in [1.807, 2.05) is 11.8 Å². The van der Waals surface area contributed by atoms with E-state index in [1.165, 1.54) is 12.1 Å². The van der Waals surface area contributed by atoms with E-state index < -0.39 is 5.82 Å². The van der Waals surface area contributed by atoms with Crippen molar-refractivity contribution in [2.75, 3.05) is 18.1 Å². The molecule has 0 aliphatic carbocycles. The number of nitrogens with one attached hydrogen (secondary N) is 3. The fourth-order valence-electron chi connectivity index (χ4n) is 3.56. The van der Waals surface area contributed by atoms with Crippen LogP contribution in [0, 0.1) is 10.6 Å². The van der Waals surface area contributed by atoms with Crippen LogP contribution in [0.1, 0.15) is 29.6 Å². The Morgan fingerprint density at radius 2 is 2.33 bits per heavy atom. The second-order valence-corrected chi connectivity index (χ2v) is 7.97. The number of benzene rings is 1. The molecule has 2 aliphatic heterocycles. The lowest BCUT2D eigenvalue weighted by Crippen LogP contribution is -2.48. The molecule has 2 aliphatic rings. The predicted octanol–water partition coefficient (Wildman–Crippen LogP) is 3.15. The Morgan fingerprint density at radius 1 is 1.46 bits per heavy atom. The number of imidazole rings is 1. The van der Waals surface area contributed by atoms with Crippen LogP contribution in [0.25, 0.3) is 11.0 Å². The summed E-state index contributed by atoms with van der Waals surface area (Å²) in [5.41, 5.74) is 1.21. The maximum atomic E-state index is 13.8. The molecule has 2 saturated heterocycles. The van der Waals surface area contributed by atoms with Crippen LogP contribution in [0.15, 0.2) is 12.1 Å². The summed E-state index contributed by atoms with van der Waals surface area (Å²) >= 11 is 6.94. The van der Waals surface area contributed by atoms with Crippen LogP contribution in [0.2, 0.25) is 0 Å². The predicted molar refractivity (Wildman–Crippen MR) is 94.6 cm³/mol. The molecule has 4 rings (SSSR count). The molecule has 2 fully saturated rings. The zero-order chi connectivity index (χ0) is 16.7. The minimum atomic E-state index is -0.464. The van der Waals surface area contributed by atoms with Gasteiger partial charge in [0.2, 0.25) is 0 Å². The number of rotatable bonds is 2. The molecule has 24 heavy (non-hydrogen) atoms. The lowest BCUT2D eigenvalue weighted by atomic mass is 9.89. The summed E-state index contributed by atoms with van der Waals surface area (Å²) in [6, 6.07) is 2.62. The van der Waals surface area contributed by atoms with Gasteiger partial charge in [0.25, 0.3) is 5.91 Å². The zero-order valence-corrected chi connectivity index (χ0v) is 14.6. The molecule has 3 N–H and O–H groups in total. The number of aromatic nitrogens is 2. The first kappa shape index (κ1) is 16.1. The molecular weight excluding hydrogens is 349 g/mol. The van der Waals surface area contributed by atoms with Crippen LogP contribution in [0.4, 0.5) is 4.39 Å². The number of ether oxygens (including phenoxy) is 1. The smallest absolute Gasteiger partial charge is 0.253 e. The van der Waals surface area contributed by atoms with Gasteiger partial charge in [-0.3, -0.25) is 4.79 Å². The van der Waals surface area contributed by atoms with Crippen LogP contribution in [0.3, 0.4) is 0 Å². The number of aromatic amines is 2. The van der Waals surface area contributed by atoms with Crippen LogP contribution in [0.5, 0.6) is 0 Å². The second kappa shape index (κ2) is 6.16. The third-order valence-electron chi connectivity index (χ3n) is 4.73. The van der Waals surface area contributed by atoms with E-state index in [-0.39, 0.29) is 23.1 Å². The molecule has 0 saturated carbocycles. The molecule has 1 aromatic heterocycles. The minimum Gasteiger partial charge on any atom is -0.374 e. The Labute approximate surface area is 147 Å². The SMILES string of the molecule is O=C(N[C@@H]1CCO[C@@]2(CCSC2)C1)c1cc(F)cc2[nH]c(=S)[nH]c12. The van der Waals surface area contributed by atoms with Crippen LogP contribution >= 0.6 is 24.0 Å². The highest BCUT2D eigenvalue weighted by molar-refractivity contribution is 7.99. The molecule has 128 valence electrons. The Morgan fingerprint density at radius 3 is 3.12 bits per heavy atom. The van der Waals surface area contributed by atoms with Crippen molar-refractivity contribution in [2.24, 2.45) is 0 Å². The van der Waals surface area contributed by atoms with Crippen LogP contribution in [-0.2, 0) is 4.74 Å². The summed E-state index contributed by atoms with van der Waals surface area (Å²) in [4.78, 5) is 18.5. The highest BCUT2D eigenvalue weighted by Crippen LogP contribution is 2.38. The second-order valence-electron chi connectivity index (χ2n) is 6.45. The van der Waals surface area contributed by atoms with E-state index >= 15 is 0 Å². The number of carbonyl (C=O) groups is 1. The molecule has 2 atom stereocenters. The van der Waals surface area contributed by atoms with E-state index in [2.05, 4.69) is 15.3 Å². The van der Waals surface area contributed by atoms with Gasteiger partial charge in [0, 0.05) is 18.4 Å². The Hall–Kier alpha value is -1.38. The molecule has 0 unspecified atom stereocenters. The van der Waals surface area contributed by atoms with Gasteiger partial charge in [0.1, 0.15) is 5.82 Å². The standard InChI is InChI=1S/C16H18FN3O2S2/c17-9-5-11(13-12(6-9)19-15(23)20-13)14(21)18-10-1-3-22-16(7-10)2-4-24-8-16/h5-6,10H,1-4,7-8H2,(H,18,21)(H2,19,20,23)/t10-,16+/m1/s1. The third kappa shape index (κ3) is 2.98.